The molecule has 2 aliphatic rings. The van der Waals surface area contributed by atoms with Crippen LogP contribution in [0.3, 0.4) is 0 Å². The largest absolute Gasteiger partial charge is 0.338 e. The summed E-state index contributed by atoms with van der Waals surface area (Å²) < 4.78 is 7.38. The van der Waals surface area contributed by atoms with E-state index in [0.29, 0.717) is 29.0 Å². The molecule has 158 valence electrons. The first-order valence-electron chi connectivity index (χ1n) is 10.4. The third-order valence-electron chi connectivity index (χ3n) is 6.27. The summed E-state index contributed by atoms with van der Waals surface area (Å²) in [6.07, 6.45) is 5.57. The number of rotatable bonds is 3. The zero-order chi connectivity index (χ0) is 21.8. The molecule has 1 spiro atoms. The van der Waals surface area contributed by atoms with Gasteiger partial charge in [-0.3, -0.25) is 4.79 Å². The Kier molecular flexibility index (Phi) is 4.26. The molecule has 3 aromatic rings. The molecule has 2 fully saturated rings. The molecule has 1 saturated heterocycles. The highest BCUT2D eigenvalue weighted by atomic mass is 16.5. The van der Waals surface area contributed by atoms with Crippen molar-refractivity contribution in [1.29, 1.82) is 5.26 Å². The van der Waals surface area contributed by atoms with Crippen LogP contribution in [0.1, 0.15) is 61.6 Å². The van der Waals surface area contributed by atoms with E-state index in [2.05, 4.69) is 21.2 Å². The fraction of sp³-hybridized carbons (Fsp3) is 0.435. The van der Waals surface area contributed by atoms with Gasteiger partial charge < -0.3 is 14.0 Å². The standard InChI is InChI=1S/C23H24N6O2/c1-22(2,3)21-26-19(27-31-21)15-4-6-16(7-5-15)20(30)29-12-23(13-29)8-18(9-23)28-11-17(10-24)25-14-28/h4-7,11,14,18H,8-9,12-13H2,1-3H3. The predicted molar refractivity (Wildman–Crippen MR) is 112 cm³/mol. The lowest BCUT2D eigenvalue weighted by molar-refractivity contribution is -0.0711. The Hall–Kier alpha value is -3.47. The molecule has 1 aliphatic heterocycles. The van der Waals surface area contributed by atoms with Crippen molar-refractivity contribution in [2.24, 2.45) is 5.41 Å². The average Bonchev–Trinajstić information content (AvgIpc) is 3.35. The molecule has 31 heavy (non-hydrogen) atoms. The van der Waals surface area contributed by atoms with Crippen molar-refractivity contribution in [2.75, 3.05) is 13.1 Å². The van der Waals surface area contributed by atoms with E-state index in [0.717, 1.165) is 31.5 Å². The van der Waals surface area contributed by atoms with E-state index in [1.165, 1.54) is 0 Å². The van der Waals surface area contributed by atoms with Crippen molar-refractivity contribution in [3.8, 4) is 17.5 Å². The number of likely N-dealkylation sites (tertiary alicyclic amines) is 1. The Labute approximate surface area is 180 Å². The van der Waals surface area contributed by atoms with Gasteiger partial charge in [0.2, 0.25) is 11.7 Å². The average molecular weight is 416 g/mol. The number of carbonyl (C=O) groups excluding carboxylic acids is 1. The minimum atomic E-state index is -0.203. The van der Waals surface area contributed by atoms with Crippen LogP contribution in [-0.2, 0) is 5.41 Å². The number of aromatic nitrogens is 4. The van der Waals surface area contributed by atoms with Gasteiger partial charge in [0.1, 0.15) is 6.07 Å². The number of nitrogens with zero attached hydrogens (tertiary/aromatic N) is 6. The van der Waals surface area contributed by atoms with Gasteiger partial charge in [-0.1, -0.05) is 38.1 Å². The number of imidazole rings is 1. The number of hydrogen-bond donors (Lipinski definition) is 0. The van der Waals surface area contributed by atoms with Crippen LogP contribution < -0.4 is 0 Å². The molecule has 1 aromatic carbocycles. The number of carbonyl (C=O) groups is 1. The summed E-state index contributed by atoms with van der Waals surface area (Å²) in [6.45, 7) is 7.63. The number of nitriles is 1. The second-order valence-electron chi connectivity index (χ2n) is 9.79. The lowest BCUT2D eigenvalue weighted by atomic mass is 9.60. The van der Waals surface area contributed by atoms with Crippen LogP contribution in [0.15, 0.2) is 41.3 Å². The van der Waals surface area contributed by atoms with E-state index >= 15 is 0 Å². The van der Waals surface area contributed by atoms with Crippen LogP contribution in [0.4, 0.5) is 0 Å². The summed E-state index contributed by atoms with van der Waals surface area (Å²) in [5, 5.41) is 13.0. The monoisotopic (exact) mass is 416 g/mol. The van der Waals surface area contributed by atoms with E-state index < -0.39 is 0 Å². The first-order chi connectivity index (χ1) is 14.8. The summed E-state index contributed by atoms with van der Waals surface area (Å²) in [7, 11) is 0. The van der Waals surface area contributed by atoms with Crippen LogP contribution in [0.5, 0.6) is 0 Å². The molecule has 1 aliphatic carbocycles. The predicted octanol–water partition coefficient (Wildman–Crippen LogP) is 3.58. The Bertz CT molecular complexity index is 1160. The van der Waals surface area contributed by atoms with Crippen LogP contribution in [-0.4, -0.2) is 43.6 Å². The van der Waals surface area contributed by atoms with Gasteiger partial charge in [-0.2, -0.15) is 10.2 Å². The molecule has 2 aromatic heterocycles. The minimum Gasteiger partial charge on any atom is -0.338 e. The Morgan fingerprint density at radius 3 is 2.52 bits per heavy atom. The Morgan fingerprint density at radius 1 is 1.23 bits per heavy atom. The number of amides is 1. The van der Waals surface area contributed by atoms with Crippen molar-refractivity contribution in [3.63, 3.8) is 0 Å². The summed E-state index contributed by atoms with van der Waals surface area (Å²) in [4.78, 5) is 23.3. The molecule has 5 rings (SSSR count). The maximum Gasteiger partial charge on any atom is 0.253 e. The zero-order valence-electron chi connectivity index (χ0n) is 17.9. The maximum atomic E-state index is 12.9. The van der Waals surface area contributed by atoms with Gasteiger partial charge in [-0.15, -0.1) is 0 Å². The fourth-order valence-electron chi connectivity index (χ4n) is 4.50. The Balaban J connectivity index is 1.19. The second kappa shape index (κ2) is 6.77. The van der Waals surface area contributed by atoms with E-state index in [-0.39, 0.29) is 16.7 Å². The molecular weight excluding hydrogens is 392 g/mol. The lowest BCUT2D eigenvalue weighted by Crippen LogP contribution is -2.63. The van der Waals surface area contributed by atoms with Gasteiger partial charge >= 0.3 is 0 Å². The molecule has 0 radical (unpaired) electrons. The quantitative estimate of drug-likeness (QED) is 0.647. The van der Waals surface area contributed by atoms with E-state index in [1.807, 2.05) is 54.5 Å². The van der Waals surface area contributed by atoms with Gasteiger partial charge in [-0.05, 0) is 25.0 Å². The third-order valence-corrected chi connectivity index (χ3v) is 6.27. The smallest absolute Gasteiger partial charge is 0.253 e. The van der Waals surface area contributed by atoms with Gasteiger partial charge in [0.05, 0.1) is 6.33 Å². The number of benzene rings is 1. The second-order valence-corrected chi connectivity index (χ2v) is 9.79. The van der Waals surface area contributed by atoms with Crippen molar-refractivity contribution in [3.05, 3.63) is 53.9 Å². The third kappa shape index (κ3) is 3.40. The molecule has 0 N–H and O–H groups in total. The minimum absolute atomic E-state index is 0.0542. The molecule has 0 bridgehead atoms. The molecule has 0 atom stereocenters. The molecule has 8 nitrogen and oxygen atoms in total. The van der Waals surface area contributed by atoms with Gasteiger partial charge in [0, 0.05) is 47.3 Å². The first kappa shape index (κ1) is 19.5. The molecule has 1 saturated carbocycles. The topological polar surface area (TPSA) is 101 Å². The summed E-state index contributed by atoms with van der Waals surface area (Å²) in [5.74, 6) is 1.18. The number of hydrogen-bond acceptors (Lipinski definition) is 6. The van der Waals surface area contributed by atoms with Gasteiger partial charge in [0.15, 0.2) is 5.69 Å². The van der Waals surface area contributed by atoms with E-state index in [9.17, 15) is 4.79 Å². The SMILES string of the molecule is CC(C)(C)c1nc(-c2ccc(C(=O)N3CC4(CC(n5cnc(C#N)c5)C4)C3)cc2)no1. The van der Waals surface area contributed by atoms with Crippen LogP contribution in [0.2, 0.25) is 0 Å². The van der Waals surface area contributed by atoms with E-state index in [1.54, 1.807) is 12.5 Å². The molecule has 3 heterocycles. The molecule has 1 amide bonds. The normalized spacial score (nSPS) is 17.8. The highest BCUT2D eigenvalue weighted by Gasteiger charge is 2.54. The van der Waals surface area contributed by atoms with Crippen LogP contribution in [0.25, 0.3) is 11.4 Å². The summed E-state index contributed by atoms with van der Waals surface area (Å²) in [5.41, 5.74) is 1.96. The Morgan fingerprint density at radius 2 is 1.94 bits per heavy atom. The first-order valence-corrected chi connectivity index (χ1v) is 10.4. The van der Waals surface area contributed by atoms with Crippen molar-refractivity contribution >= 4 is 5.91 Å². The van der Waals surface area contributed by atoms with Crippen LogP contribution in [0, 0.1) is 16.7 Å². The van der Waals surface area contributed by atoms with Gasteiger partial charge in [-0.25, -0.2) is 4.98 Å². The lowest BCUT2D eigenvalue weighted by Gasteiger charge is -2.59. The zero-order valence-corrected chi connectivity index (χ0v) is 17.9. The summed E-state index contributed by atoms with van der Waals surface area (Å²) in [6, 6.07) is 9.83. The van der Waals surface area contributed by atoms with Crippen molar-refractivity contribution in [2.45, 2.75) is 45.1 Å². The van der Waals surface area contributed by atoms with Crippen molar-refractivity contribution in [1.82, 2.24) is 24.6 Å². The fourth-order valence-corrected chi connectivity index (χ4v) is 4.50. The molecular formula is C23H24N6O2. The summed E-state index contributed by atoms with van der Waals surface area (Å²) >= 11 is 0. The maximum absolute atomic E-state index is 12.9. The highest BCUT2D eigenvalue weighted by molar-refractivity contribution is 5.95. The van der Waals surface area contributed by atoms with Crippen molar-refractivity contribution < 1.29 is 9.32 Å². The van der Waals surface area contributed by atoms with E-state index in [4.69, 9.17) is 9.78 Å². The van der Waals surface area contributed by atoms with Gasteiger partial charge in [0.25, 0.3) is 5.91 Å². The highest BCUT2D eigenvalue weighted by Crippen LogP contribution is 2.54. The van der Waals surface area contributed by atoms with Crippen LogP contribution >= 0.6 is 0 Å². The molecule has 8 heteroatoms. The molecule has 0 unspecified atom stereocenters.